The van der Waals surface area contributed by atoms with Crippen molar-refractivity contribution in [2.75, 3.05) is 51.0 Å². The van der Waals surface area contributed by atoms with Crippen LogP contribution >= 0.6 is 0 Å². The van der Waals surface area contributed by atoms with Crippen LogP contribution in [0.25, 0.3) is 11.3 Å². The van der Waals surface area contributed by atoms with Crippen LogP contribution in [0.15, 0.2) is 59.5 Å². The summed E-state index contributed by atoms with van der Waals surface area (Å²) in [6, 6.07) is 15.8. The molecule has 0 bridgehead atoms. The van der Waals surface area contributed by atoms with Gasteiger partial charge in [0, 0.05) is 50.4 Å². The summed E-state index contributed by atoms with van der Waals surface area (Å²) >= 11 is 0. The number of carbonyl (C=O) groups excluding carboxylic acids is 1. The Morgan fingerprint density at radius 3 is 2.22 bits per heavy atom. The van der Waals surface area contributed by atoms with Crippen molar-refractivity contribution in [2.24, 2.45) is 0 Å². The van der Waals surface area contributed by atoms with Gasteiger partial charge in [-0.3, -0.25) is 4.79 Å². The first kappa shape index (κ1) is 23.7. The molecule has 4 heterocycles. The molecule has 1 amide bonds. The van der Waals surface area contributed by atoms with E-state index in [0.717, 1.165) is 35.7 Å². The third kappa shape index (κ3) is 4.60. The molecule has 1 aromatic heterocycles. The summed E-state index contributed by atoms with van der Waals surface area (Å²) in [6.07, 6.45) is 1.77. The van der Waals surface area contributed by atoms with E-state index in [1.807, 2.05) is 30.3 Å². The maximum Gasteiger partial charge on any atom is 0.253 e. The number of aromatic nitrogens is 2. The number of hydrogen-bond acceptors (Lipinski definition) is 8. The Bertz CT molecular complexity index is 1400. The number of ether oxygens (including phenoxy) is 2. The van der Waals surface area contributed by atoms with Crippen molar-refractivity contribution in [1.82, 2.24) is 19.4 Å². The number of fused-ring (bicyclic) bond motifs is 1. The summed E-state index contributed by atoms with van der Waals surface area (Å²) in [6.45, 7) is 3.67. The fourth-order valence-corrected chi connectivity index (χ4v) is 6.39. The standard InChI is InChI=1S/C26H27N5O5S/c32-26(19-3-6-21(7-4-19)37(33,34)31-11-1-2-12-31)30-15-13-29(14-16-30)25-10-8-22(27-28-25)20-5-9-23-24(17-20)36-18-35-23/h3-10,17H,1-2,11-16,18H2. The van der Waals surface area contributed by atoms with Crippen LogP contribution in [0.2, 0.25) is 0 Å². The third-order valence-corrected chi connectivity index (χ3v) is 8.93. The average Bonchev–Trinajstić information content (AvgIpc) is 3.66. The first-order chi connectivity index (χ1) is 18.0. The van der Waals surface area contributed by atoms with Crippen molar-refractivity contribution in [2.45, 2.75) is 17.7 Å². The van der Waals surface area contributed by atoms with Gasteiger partial charge < -0.3 is 19.3 Å². The van der Waals surface area contributed by atoms with Gasteiger partial charge in [0.15, 0.2) is 17.3 Å². The lowest BCUT2D eigenvalue weighted by Crippen LogP contribution is -2.49. The van der Waals surface area contributed by atoms with E-state index in [1.165, 1.54) is 16.4 Å². The minimum absolute atomic E-state index is 0.103. The van der Waals surface area contributed by atoms with E-state index in [1.54, 1.807) is 17.0 Å². The van der Waals surface area contributed by atoms with Gasteiger partial charge in [0.25, 0.3) is 5.91 Å². The number of nitrogens with zero attached hydrogens (tertiary/aromatic N) is 5. The number of carbonyl (C=O) groups is 1. The summed E-state index contributed by atoms with van der Waals surface area (Å²) in [5, 5.41) is 8.79. The third-order valence-electron chi connectivity index (χ3n) is 7.01. The Morgan fingerprint density at radius 1 is 0.784 bits per heavy atom. The van der Waals surface area contributed by atoms with Crippen LogP contribution in [0.3, 0.4) is 0 Å². The highest BCUT2D eigenvalue weighted by Gasteiger charge is 2.28. The molecular weight excluding hydrogens is 494 g/mol. The van der Waals surface area contributed by atoms with Crippen molar-refractivity contribution in [3.8, 4) is 22.8 Å². The molecule has 11 heteroatoms. The van der Waals surface area contributed by atoms with Crippen LogP contribution in [-0.2, 0) is 10.0 Å². The highest BCUT2D eigenvalue weighted by molar-refractivity contribution is 7.89. The topological polar surface area (TPSA) is 105 Å². The lowest BCUT2D eigenvalue weighted by Gasteiger charge is -2.35. The molecule has 0 N–H and O–H groups in total. The van der Waals surface area contributed by atoms with Crippen LogP contribution in [0.4, 0.5) is 5.82 Å². The molecule has 2 fully saturated rings. The van der Waals surface area contributed by atoms with Crippen LogP contribution < -0.4 is 14.4 Å². The predicted molar refractivity (Wildman–Crippen MR) is 136 cm³/mol. The molecule has 0 unspecified atom stereocenters. The molecule has 0 radical (unpaired) electrons. The zero-order valence-corrected chi connectivity index (χ0v) is 21.1. The van der Waals surface area contributed by atoms with Crippen LogP contribution in [-0.4, -0.2) is 79.8 Å². The molecule has 3 aliphatic rings. The number of hydrogen-bond donors (Lipinski definition) is 0. The van der Waals surface area contributed by atoms with Crippen LogP contribution in [0.5, 0.6) is 11.5 Å². The second-order valence-corrected chi connectivity index (χ2v) is 11.2. The van der Waals surface area contributed by atoms with Gasteiger partial charge in [0.05, 0.1) is 10.6 Å². The Hall–Kier alpha value is -3.70. The van der Waals surface area contributed by atoms with Crippen LogP contribution in [0, 0.1) is 0 Å². The smallest absolute Gasteiger partial charge is 0.253 e. The largest absolute Gasteiger partial charge is 0.454 e. The van der Waals surface area contributed by atoms with Gasteiger partial charge in [0.2, 0.25) is 16.8 Å². The van der Waals surface area contributed by atoms with Crippen molar-refractivity contribution >= 4 is 21.7 Å². The molecule has 2 aromatic carbocycles. The first-order valence-electron chi connectivity index (χ1n) is 12.4. The van der Waals surface area contributed by atoms with E-state index >= 15 is 0 Å². The van der Waals surface area contributed by atoms with E-state index in [-0.39, 0.29) is 17.6 Å². The molecular formula is C26H27N5O5S. The highest BCUT2D eigenvalue weighted by atomic mass is 32.2. The number of sulfonamides is 1. The average molecular weight is 522 g/mol. The maximum atomic E-state index is 13.0. The van der Waals surface area contributed by atoms with Gasteiger partial charge in [0.1, 0.15) is 0 Å². The van der Waals surface area contributed by atoms with Gasteiger partial charge in [-0.15, -0.1) is 10.2 Å². The van der Waals surface area contributed by atoms with E-state index < -0.39 is 10.0 Å². The normalized spacial score (nSPS) is 17.8. The van der Waals surface area contributed by atoms with Gasteiger partial charge in [-0.25, -0.2) is 8.42 Å². The molecule has 10 nitrogen and oxygen atoms in total. The van der Waals surface area contributed by atoms with Crippen molar-refractivity contribution in [1.29, 1.82) is 0 Å². The summed E-state index contributed by atoms with van der Waals surface area (Å²) in [4.78, 5) is 17.2. The lowest BCUT2D eigenvalue weighted by molar-refractivity contribution is 0.0746. The Kier molecular flexibility index (Phi) is 6.17. The van der Waals surface area contributed by atoms with Crippen molar-refractivity contribution in [3.63, 3.8) is 0 Å². The van der Waals surface area contributed by atoms with E-state index in [2.05, 4.69) is 15.1 Å². The minimum Gasteiger partial charge on any atom is -0.454 e. The summed E-state index contributed by atoms with van der Waals surface area (Å²) in [7, 11) is -3.49. The fraction of sp³-hybridized carbons (Fsp3) is 0.346. The number of piperazine rings is 1. The van der Waals surface area contributed by atoms with Gasteiger partial charge in [-0.1, -0.05) is 0 Å². The van der Waals surface area contributed by atoms with Crippen molar-refractivity contribution in [3.05, 3.63) is 60.2 Å². The maximum absolute atomic E-state index is 13.0. The Balaban J connectivity index is 1.07. The molecule has 2 saturated heterocycles. The summed E-state index contributed by atoms with van der Waals surface area (Å²) in [5.41, 5.74) is 2.13. The zero-order valence-electron chi connectivity index (χ0n) is 20.2. The molecule has 0 atom stereocenters. The monoisotopic (exact) mass is 521 g/mol. The number of rotatable bonds is 5. The first-order valence-corrected chi connectivity index (χ1v) is 13.8. The van der Waals surface area contributed by atoms with Crippen LogP contribution in [0.1, 0.15) is 23.2 Å². The van der Waals surface area contributed by atoms with Gasteiger partial charge in [-0.2, -0.15) is 4.31 Å². The fourth-order valence-electron chi connectivity index (χ4n) is 4.87. The Labute approximate surface area is 215 Å². The second kappa shape index (κ2) is 9.64. The molecule has 192 valence electrons. The Morgan fingerprint density at radius 2 is 1.51 bits per heavy atom. The number of benzene rings is 2. The highest BCUT2D eigenvalue weighted by Crippen LogP contribution is 2.35. The molecule has 0 spiro atoms. The van der Waals surface area contributed by atoms with E-state index in [9.17, 15) is 13.2 Å². The molecule has 37 heavy (non-hydrogen) atoms. The zero-order chi connectivity index (χ0) is 25.4. The van der Waals surface area contributed by atoms with Gasteiger partial charge in [-0.05, 0) is 67.4 Å². The van der Waals surface area contributed by atoms with Crippen molar-refractivity contribution < 1.29 is 22.7 Å². The number of anilines is 1. The summed E-state index contributed by atoms with van der Waals surface area (Å²) in [5.74, 6) is 2.08. The summed E-state index contributed by atoms with van der Waals surface area (Å²) < 4.78 is 37.8. The van der Waals surface area contributed by atoms with E-state index in [4.69, 9.17) is 9.47 Å². The second-order valence-electron chi connectivity index (χ2n) is 9.26. The molecule has 6 rings (SSSR count). The lowest BCUT2D eigenvalue weighted by atomic mass is 10.1. The molecule has 0 saturated carbocycles. The SMILES string of the molecule is O=C(c1ccc(S(=O)(=O)N2CCCC2)cc1)N1CCN(c2ccc(-c3ccc4c(c3)OCO4)nn2)CC1. The van der Waals surface area contributed by atoms with Gasteiger partial charge >= 0.3 is 0 Å². The number of amides is 1. The quantitative estimate of drug-likeness (QED) is 0.505. The van der Waals surface area contributed by atoms with E-state index in [0.29, 0.717) is 50.6 Å². The predicted octanol–water partition coefficient (Wildman–Crippen LogP) is 2.62. The molecule has 3 aromatic rings. The molecule has 0 aliphatic carbocycles. The molecule has 3 aliphatic heterocycles. The minimum atomic E-state index is -3.49.